The number of nitrogens with one attached hydrogen (secondary N) is 1. The van der Waals surface area contributed by atoms with Crippen LogP contribution in [0.2, 0.25) is 0 Å². The summed E-state index contributed by atoms with van der Waals surface area (Å²) < 4.78 is 6.72. The summed E-state index contributed by atoms with van der Waals surface area (Å²) in [6, 6.07) is 8.12. The first-order valence-electron chi connectivity index (χ1n) is 8.02. The van der Waals surface area contributed by atoms with Gasteiger partial charge >= 0.3 is 5.97 Å². The SMILES string of the molecule is Cc1ccc(SCCC(=O)OCC(=O)Nc2c(C)nn(C)c2C)cc1. The lowest BCUT2D eigenvalue weighted by Crippen LogP contribution is -2.21. The van der Waals surface area contributed by atoms with Crippen LogP contribution in [0.1, 0.15) is 23.4 Å². The van der Waals surface area contributed by atoms with Crippen molar-refractivity contribution in [1.82, 2.24) is 9.78 Å². The van der Waals surface area contributed by atoms with Gasteiger partial charge < -0.3 is 10.1 Å². The van der Waals surface area contributed by atoms with Crippen LogP contribution in [0.4, 0.5) is 5.69 Å². The average molecular weight is 361 g/mol. The first-order chi connectivity index (χ1) is 11.9. The number of aromatic nitrogens is 2. The zero-order chi connectivity index (χ0) is 18.4. The lowest BCUT2D eigenvalue weighted by Gasteiger charge is -2.07. The number of thioether (sulfide) groups is 1. The third-order valence-electron chi connectivity index (χ3n) is 3.73. The van der Waals surface area contributed by atoms with E-state index >= 15 is 0 Å². The molecule has 0 bridgehead atoms. The number of esters is 1. The number of anilines is 1. The van der Waals surface area contributed by atoms with Gasteiger partial charge in [-0.05, 0) is 32.9 Å². The lowest BCUT2D eigenvalue weighted by atomic mass is 10.2. The predicted molar refractivity (Wildman–Crippen MR) is 98.8 cm³/mol. The predicted octanol–water partition coefficient (Wildman–Crippen LogP) is 3.01. The number of amides is 1. The Hall–Kier alpha value is -2.28. The van der Waals surface area contributed by atoms with Crippen molar-refractivity contribution in [2.45, 2.75) is 32.1 Å². The van der Waals surface area contributed by atoms with Crippen LogP contribution in [0.25, 0.3) is 0 Å². The average Bonchev–Trinajstić information content (AvgIpc) is 2.81. The number of benzene rings is 1. The highest BCUT2D eigenvalue weighted by Crippen LogP contribution is 2.19. The zero-order valence-electron chi connectivity index (χ0n) is 15.0. The molecule has 0 saturated carbocycles. The smallest absolute Gasteiger partial charge is 0.307 e. The molecular formula is C18H23N3O3S. The van der Waals surface area contributed by atoms with Crippen molar-refractivity contribution in [3.63, 3.8) is 0 Å². The normalized spacial score (nSPS) is 10.6. The highest BCUT2D eigenvalue weighted by atomic mass is 32.2. The van der Waals surface area contributed by atoms with E-state index < -0.39 is 0 Å². The second kappa shape index (κ2) is 8.71. The van der Waals surface area contributed by atoms with E-state index in [9.17, 15) is 9.59 Å². The van der Waals surface area contributed by atoms with E-state index in [4.69, 9.17) is 4.74 Å². The van der Waals surface area contributed by atoms with Crippen molar-refractivity contribution in [1.29, 1.82) is 0 Å². The van der Waals surface area contributed by atoms with Gasteiger partial charge in [-0.3, -0.25) is 14.3 Å². The molecule has 0 atom stereocenters. The standard InChI is InChI=1S/C18H23N3O3S/c1-12-5-7-15(8-6-12)25-10-9-17(23)24-11-16(22)19-18-13(2)20-21(4)14(18)3/h5-8H,9-11H2,1-4H3,(H,19,22). The molecule has 0 saturated heterocycles. The minimum atomic E-state index is -0.380. The van der Waals surface area contributed by atoms with Crippen molar-refractivity contribution >= 4 is 29.3 Å². The quantitative estimate of drug-likeness (QED) is 0.606. The van der Waals surface area contributed by atoms with Gasteiger partial charge in [-0.2, -0.15) is 5.10 Å². The van der Waals surface area contributed by atoms with Gasteiger partial charge in [-0.15, -0.1) is 11.8 Å². The van der Waals surface area contributed by atoms with Gasteiger partial charge in [0, 0.05) is 17.7 Å². The van der Waals surface area contributed by atoms with Crippen LogP contribution < -0.4 is 5.32 Å². The number of hydrogen-bond acceptors (Lipinski definition) is 5. The maximum atomic E-state index is 11.9. The van der Waals surface area contributed by atoms with Gasteiger partial charge in [-0.1, -0.05) is 17.7 Å². The first-order valence-corrected chi connectivity index (χ1v) is 9.00. The molecule has 6 nitrogen and oxygen atoms in total. The lowest BCUT2D eigenvalue weighted by molar-refractivity contribution is -0.146. The summed E-state index contributed by atoms with van der Waals surface area (Å²) in [6.45, 7) is 5.42. The summed E-state index contributed by atoms with van der Waals surface area (Å²) in [5.74, 6) is -0.127. The van der Waals surface area contributed by atoms with Crippen LogP contribution in [0.3, 0.4) is 0 Å². The minimum absolute atomic E-state index is 0.261. The molecule has 0 aliphatic heterocycles. The maximum Gasteiger partial charge on any atom is 0.307 e. The number of rotatable bonds is 7. The van der Waals surface area contributed by atoms with E-state index in [2.05, 4.69) is 10.4 Å². The van der Waals surface area contributed by atoms with Crippen LogP contribution in [0.5, 0.6) is 0 Å². The molecule has 2 rings (SSSR count). The highest BCUT2D eigenvalue weighted by molar-refractivity contribution is 7.99. The molecule has 1 amide bonds. The third kappa shape index (κ3) is 5.63. The van der Waals surface area contributed by atoms with Gasteiger partial charge in [0.2, 0.25) is 0 Å². The molecule has 1 heterocycles. The van der Waals surface area contributed by atoms with Crippen LogP contribution in [-0.4, -0.2) is 34.0 Å². The minimum Gasteiger partial charge on any atom is -0.456 e. The fourth-order valence-corrected chi connectivity index (χ4v) is 3.07. The summed E-state index contributed by atoms with van der Waals surface area (Å²) in [6.07, 6.45) is 0.261. The molecule has 25 heavy (non-hydrogen) atoms. The number of carbonyl (C=O) groups excluding carboxylic acids is 2. The molecule has 2 aromatic rings. The number of nitrogens with zero attached hydrogens (tertiary/aromatic N) is 2. The number of carbonyl (C=O) groups is 2. The third-order valence-corrected chi connectivity index (χ3v) is 4.75. The monoisotopic (exact) mass is 361 g/mol. The highest BCUT2D eigenvalue weighted by Gasteiger charge is 2.14. The van der Waals surface area contributed by atoms with Gasteiger partial charge in [0.1, 0.15) is 0 Å². The van der Waals surface area contributed by atoms with E-state index in [1.165, 1.54) is 5.56 Å². The van der Waals surface area contributed by atoms with Crippen molar-refractivity contribution < 1.29 is 14.3 Å². The Kier molecular flexibility index (Phi) is 6.64. The van der Waals surface area contributed by atoms with Gasteiger partial charge in [-0.25, -0.2) is 0 Å². The fourth-order valence-electron chi connectivity index (χ4n) is 2.23. The molecule has 0 unspecified atom stereocenters. The Labute approximate surface area is 151 Å². The van der Waals surface area contributed by atoms with E-state index in [0.717, 1.165) is 16.3 Å². The van der Waals surface area contributed by atoms with Crippen LogP contribution in [0.15, 0.2) is 29.2 Å². The summed E-state index contributed by atoms with van der Waals surface area (Å²) in [7, 11) is 1.81. The Bertz CT molecular complexity index is 754. The van der Waals surface area contributed by atoms with E-state index in [-0.39, 0.29) is 24.9 Å². The second-order valence-corrected chi connectivity index (χ2v) is 6.96. The molecule has 0 aliphatic rings. The largest absolute Gasteiger partial charge is 0.456 e. The number of aryl methyl sites for hydroxylation is 3. The van der Waals surface area contributed by atoms with E-state index in [1.54, 1.807) is 16.4 Å². The summed E-state index contributed by atoms with van der Waals surface area (Å²) in [5, 5.41) is 6.96. The molecular weight excluding hydrogens is 338 g/mol. The molecule has 7 heteroatoms. The maximum absolute atomic E-state index is 11.9. The summed E-state index contributed by atoms with van der Waals surface area (Å²) in [4.78, 5) is 24.8. The van der Waals surface area contributed by atoms with Gasteiger partial charge in [0.15, 0.2) is 6.61 Å². The second-order valence-electron chi connectivity index (χ2n) is 5.79. The Balaban J connectivity index is 1.70. The van der Waals surface area contributed by atoms with E-state index in [1.807, 2.05) is 52.1 Å². The molecule has 134 valence electrons. The van der Waals surface area contributed by atoms with Crippen molar-refractivity contribution in [2.75, 3.05) is 17.7 Å². The van der Waals surface area contributed by atoms with E-state index in [0.29, 0.717) is 11.4 Å². The summed E-state index contributed by atoms with van der Waals surface area (Å²) >= 11 is 1.59. The molecule has 0 radical (unpaired) electrons. The Morgan fingerprint density at radius 1 is 1.20 bits per heavy atom. The Morgan fingerprint density at radius 3 is 2.48 bits per heavy atom. The van der Waals surface area contributed by atoms with Crippen LogP contribution in [-0.2, 0) is 21.4 Å². The zero-order valence-corrected chi connectivity index (χ0v) is 15.8. The van der Waals surface area contributed by atoms with Gasteiger partial charge in [0.25, 0.3) is 5.91 Å². The van der Waals surface area contributed by atoms with Crippen molar-refractivity contribution in [3.8, 4) is 0 Å². The molecule has 0 spiro atoms. The molecule has 0 aliphatic carbocycles. The number of ether oxygens (including phenoxy) is 1. The van der Waals surface area contributed by atoms with Gasteiger partial charge in [0.05, 0.1) is 23.5 Å². The molecule has 0 fully saturated rings. The van der Waals surface area contributed by atoms with Crippen LogP contribution in [0, 0.1) is 20.8 Å². The van der Waals surface area contributed by atoms with Crippen molar-refractivity contribution in [2.24, 2.45) is 7.05 Å². The fraction of sp³-hybridized carbons (Fsp3) is 0.389. The van der Waals surface area contributed by atoms with Crippen molar-refractivity contribution in [3.05, 3.63) is 41.2 Å². The number of hydrogen-bond donors (Lipinski definition) is 1. The molecule has 1 aromatic carbocycles. The first kappa shape index (κ1) is 19.1. The Morgan fingerprint density at radius 2 is 1.88 bits per heavy atom. The molecule has 1 aromatic heterocycles. The topological polar surface area (TPSA) is 73.2 Å². The molecule has 1 N–H and O–H groups in total. The van der Waals surface area contributed by atoms with Crippen LogP contribution >= 0.6 is 11.8 Å². The summed E-state index contributed by atoms with van der Waals surface area (Å²) in [5.41, 5.74) is 3.45.